The Kier molecular flexibility index (Phi) is 7.00. The van der Waals surface area contributed by atoms with Gasteiger partial charge in [0, 0.05) is 32.7 Å². The summed E-state index contributed by atoms with van der Waals surface area (Å²) in [6, 6.07) is 6.75. The number of hydrogen-bond acceptors (Lipinski definition) is 5. The Morgan fingerprint density at radius 1 is 1.27 bits per heavy atom. The summed E-state index contributed by atoms with van der Waals surface area (Å²) in [6.07, 6.45) is 1.50. The summed E-state index contributed by atoms with van der Waals surface area (Å²) < 4.78 is 10.5. The number of esters is 1. The number of benzene rings is 1. The topological polar surface area (TPSA) is 76.1 Å². The lowest BCUT2D eigenvalue weighted by molar-refractivity contribution is -0.149. The van der Waals surface area contributed by atoms with E-state index in [4.69, 9.17) is 9.47 Å². The molecule has 0 spiro atoms. The van der Waals surface area contributed by atoms with E-state index in [0.29, 0.717) is 31.0 Å². The Bertz CT molecular complexity index is 659. The van der Waals surface area contributed by atoms with Gasteiger partial charge in [-0.05, 0) is 38.0 Å². The molecule has 0 aromatic heterocycles. The standard InChI is InChI=1S/C19H26N2O5/c1-4-25-19(24)15-8-6-10-21(12-15)18(23)14-7-5-9-16(11-14)26-13-17(22)20(2)3/h5,7,9,11,15H,4,6,8,10,12-13H2,1-3H3. The number of ether oxygens (including phenoxy) is 2. The minimum atomic E-state index is -0.273. The molecular formula is C19H26N2O5. The molecule has 0 aliphatic carbocycles. The monoisotopic (exact) mass is 362 g/mol. The normalized spacial score (nSPS) is 16.7. The van der Waals surface area contributed by atoms with Crippen LogP contribution in [-0.4, -0.2) is 68.0 Å². The Hall–Kier alpha value is -2.57. The lowest BCUT2D eigenvalue weighted by Gasteiger charge is -2.31. The van der Waals surface area contributed by atoms with Gasteiger partial charge in [0.1, 0.15) is 5.75 Å². The average molecular weight is 362 g/mol. The molecule has 26 heavy (non-hydrogen) atoms. The number of nitrogens with zero attached hydrogens (tertiary/aromatic N) is 2. The molecule has 1 atom stereocenters. The zero-order valence-corrected chi connectivity index (χ0v) is 15.6. The first-order valence-corrected chi connectivity index (χ1v) is 8.81. The smallest absolute Gasteiger partial charge is 0.310 e. The summed E-state index contributed by atoms with van der Waals surface area (Å²) in [6.45, 7) is 3.00. The number of likely N-dealkylation sites (N-methyl/N-ethyl adjacent to an activating group) is 1. The van der Waals surface area contributed by atoms with Gasteiger partial charge in [-0.15, -0.1) is 0 Å². The van der Waals surface area contributed by atoms with Gasteiger partial charge in [0.2, 0.25) is 0 Å². The second-order valence-corrected chi connectivity index (χ2v) is 6.45. The highest BCUT2D eigenvalue weighted by Gasteiger charge is 2.29. The lowest BCUT2D eigenvalue weighted by atomic mass is 9.97. The third-order valence-corrected chi connectivity index (χ3v) is 4.27. The zero-order valence-electron chi connectivity index (χ0n) is 15.6. The first-order chi connectivity index (χ1) is 12.4. The van der Waals surface area contributed by atoms with E-state index in [1.165, 1.54) is 4.90 Å². The summed E-state index contributed by atoms with van der Waals surface area (Å²) in [5.41, 5.74) is 0.476. The van der Waals surface area contributed by atoms with Gasteiger partial charge in [-0.1, -0.05) is 6.07 Å². The third kappa shape index (κ3) is 5.21. The molecule has 1 saturated heterocycles. The highest BCUT2D eigenvalue weighted by Crippen LogP contribution is 2.21. The molecule has 1 fully saturated rings. The van der Waals surface area contributed by atoms with E-state index in [2.05, 4.69) is 0 Å². The van der Waals surface area contributed by atoms with Crippen molar-refractivity contribution in [3.63, 3.8) is 0 Å². The van der Waals surface area contributed by atoms with Crippen LogP contribution in [0, 0.1) is 5.92 Å². The number of carbonyl (C=O) groups excluding carboxylic acids is 3. The fourth-order valence-electron chi connectivity index (χ4n) is 2.79. The number of carbonyl (C=O) groups is 3. The molecule has 142 valence electrons. The molecule has 2 amide bonds. The lowest BCUT2D eigenvalue weighted by Crippen LogP contribution is -2.42. The van der Waals surface area contributed by atoms with E-state index in [9.17, 15) is 14.4 Å². The predicted molar refractivity (Wildman–Crippen MR) is 95.9 cm³/mol. The van der Waals surface area contributed by atoms with Gasteiger partial charge in [0.05, 0.1) is 12.5 Å². The molecule has 2 rings (SSSR count). The summed E-state index contributed by atoms with van der Waals surface area (Å²) in [7, 11) is 3.31. The van der Waals surface area contributed by atoms with Gasteiger partial charge >= 0.3 is 5.97 Å². The number of piperidine rings is 1. The van der Waals surface area contributed by atoms with Gasteiger partial charge < -0.3 is 19.3 Å². The zero-order chi connectivity index (χ0) is 19.1. The highest BCUT2D eigenvalue weighted by atomic mass is 16.5. The van der Waals surface area contributed by atoms with E-state index in [-0.39, 0.29) is 30.3 Å². The molecule has 7 heteroatoms. The van der Waals surface area contributed by atoms with Crippen LogP contribution in [0.3, 0.4) is 0 Å². The predicted octanol–water partition coefficient (Wildman–Crippen LogP) is 1.57. The van der Waals surface area contributed by atoms with Crippen molar-refractivity contribution in [2.75, 3.05) is 40.4 Å². The van der Waals surface area contributed by atoms with Crippen molar-refractivity contribution in [1.82, 2.24) is 9.80 Å². The number of amides is 2. The van der Waals surface area contributed by atoms with Gasteiger partial charge in [0.25, 0.3) is 11.8 Å². The Labute approximate surface area is 153 Å². The molecule has 1 unspecified atom stereocenters. The largest absolute Gasteiger partial charge is 0.484 e. The van der Waals surface area contributed by atoms with Crippen molar-refractivity contribution in [2.45, 2.75) is 19.8 Å². The molecule has 0 saturated carbocycles. The maximum atomic E-state index is 12.8. The van der Waals surface area contributed by atoms with Gasteiger partial charge in [0.15, 0.2) is 6.61 Å². The summed E-state index contributed by atoms with van der Waals surface area (Å²) in [4.78, 5) is 39.4. The van der Waals surface area contributed by atoms with Crippen LogP contribution in [0.2, 0.25) is 0 Å². The average Bonchev–Trinajstić information content (AvgIpc) is 2.66. The van der Waals surface area contributed by atoms with Gasteiger partial charge in [-0.2, -0.15) is 0 Å². The van der Waals surface area contributed by atoms with Crippen molar-refractivity contribution >= 4 is 17.8 Å². The fraction of sp³-hybridized carbons (Fsp3) is 0.526. The Morgan fingerprint density at radius 2 is 2.04 bits per heavy atom. The fourth-order valence-corrected chi connectivity index (χ4v) is 2.79. The van der Waals surface area contributed by atoms with Crippen LogP contribution in [0.1, 0.15) is 30.1 Å². The number of hydrogen-bond donors (Lipinski definition) is 0. The summed E-state index contributed by atoms with van der Waals surface area (Å²) in [5, 5.41) is 0. The van der Waals surface area contributed by atoms with Crippen LogP contribution in [0.4, 0.5) is 0 Å². The molecule has 1 aromatic rings. The minimum Gasteiger partial charge on any atom is -0.484 e. The van der Waals surface area contributed by atoms with E-state index >= 15 is 0 Å². The highest BCUT2D eigenvalue weighted by molar-refractivity contribution is 5.95. The quantitative estimate of drug-likeness (QED) is 0.718. The van der Waals surface area contributed by atoms with E-state index in [1.807, 2.05) is 0 Å². The van der Waals surface area contributed by atoms with Crippen molar-refractivity contribution in [1.29, 1.82) is 0 Å². The molecular weight excluding hydrogens is 336 g/mol. The second kappa shape index (κ2) is 9.22. The van der Waals surface area contributed by atoms with Crippen molar-refractivity contribution < 1.29 is 23.9 Å². The maximum Gasteiger partial charge on any atom is 0.310 e. The minimum absolute atomic E-state index is 0.0840. The molecule has 0 radical (unpaired) electrons. The SMILES string of the molecule is CCOC(=O)C1CCCN(C(=O)c2cccc(OCC(=O)N(C)C)c2)C1. The van der Waals surface area contributed by atoms with E-state index in [1.54, 1.807) is 50.2 Å². The van der Waals surface area contributed by atoms with Crippen LogP contribution in [-0.2, 0) is 14.3 Å². The molecule has 1 aliphatic rings. The van der Waals surface area contributed by atoms with Crippen molar-refractivity contribution in [3.8, 4) is 5.75 Å². The van der Waals surface area contributed by atoms with Crippen LogP contribution in [0.25, 0.3) is 0 Å². The van der Waals surface area contributed by atoms with E-state index in [0.717, 1.165) is 12.8 Å². The Balaban J connectivity index is 2.01. The van der Waals surface area contributed by atoms with Gasteiger partial charge in [-0.3, -0.25) is 14.4 Å². The number of likely N-dealkylation sites (tertiary alicyclic amines) is 1. The van der Waals surface area contributed by atoms with Gasteiger partial charge in [-0.25, -0.2) is 0 Å². The first kappa shape index (κ1) is 19.8. The molecule has 1 aromatic carbocycles. The van der Waals surface area contributed by atoms with Crippen LogP contribution >= 0.6 is 0 Å². The maximum absolute atomic E-state index is 12.8. The Morgan fingerprint density at radius 3 is 2.73 bits per heavy atom. The van der Waals surface area contributed by atoms with Crippen molar-refractivity contribution in [2.24, 2.45) is 5.92 Å². The van der Waals surface area contributed by atoms with Crippen LogP contribution in [0.15, 0.2) is 24.3 Å². The molecule has 0 N–H and O–H groups in total. The summed E-state index contributed by atoms with van der Waals surface area (Å²) >= 11 is 0. The van der Waals surface area contributed by atoms with E-state index < -0.39 is 0 Å². The first-order valence-electron chi connectivity index (χ1n) is 8.81. The molecule has 7 nitrogen and oxygen atoms in total. The van der Waals surface area contributed by atoms with Crippen LogP contribution in [0.5, 0.6) is 5.75 Å². The second-order valence-electron chi connectivity index (χ2n) is 6.45. The molecule has 0 bridgehead atoms. The van der Waals surface area contributed by atoms with Crippen molar-refractivity contribution in [3.05, 3.63) is 29.8 Å². The van der Waals surface area contributed by atoms with Crippen LogP contribution < -0.4 is 4.74 Å². The number of rotatable bonds is 6. The molecule has 1 aliphatic heterocycles. The molecule has 1 heterocycles. The summed E-state index contributed by atoms with van der Waals surface area (Å²) in [5.74, 6) is -0.363. The third-order valence-electron chi connectivity index (χ3n) is 4.27.